The van der Waals surface area contributed by atoms with E-state index in [-0.39, 0.29) is 5.69 Å². The van der Waals surface area contributed by atoms with Crippen molar-refractivity contribution < 1.29 is 4.52 Å². The van der Waals surface area contributed by atoms with Crippen LogP contribution in [0.5, 0.6) is 0 Å². The van der Waals surface area contributed by atoms with Gasteiger partial charge in [-0.15, -0.1) is 0 Å². The van der Waals surface area contributed by atoms with Crippen molar-refractivity contribution in [2.24, 2.45) is 0 Å². The first-order valence-corrected chi connectivity index (χ1v) is 7.90. The topological polar surface area (TPSA) is 48.0 Å². The van der Waals surface area contributed by atoms with E-state index < -0.39 is 0 Å². The summed E-state index contributed by atoms with van der Waals surface area (Å²) in [6, 6.07) is 17.5. The van der Waals surface area contributed by atoms with Gasteiger partial charge in [-0.3, -0.25) is 0 Å². The Morgan fingerprint density at radius 3 is 2.55 bits per heavy atom. The first kappa shape index (κ1) is 14.8. The van der Waals surface area contributed by atoms with E-state index >= 15 is 0 Å². The third kappa shape index (κ3) is 3.36. The molecule has 0 aliphatic heterocycles. The number of nitrogens with zero attached hydrogens (tertiary/aromatic N) is 2. The van der Waals surface area contributed by atoms with E-state index in [9.17, 15) is 4.79 Å². The number of aromatic nitrogens is 2. The van der Waals surface area contributed by atoms with Crippen molar-refractivity contribution >= 4 is 15.9 Å². The zero-order valence-corrected chi connectivity index (χ0v) is 13.5. The third-order valence-corrected chi connectivity index (χ3v) is 4.17. The Kier molecular flexibility index (Phi) is 4.53. The molecule has 1 heterocycles. The molecule has 0 aliphatic carbocycles. The lowest BCUT2D eigenvalue weighted by Gasteiger charge is -2.03. The average Bonchev–Trinajstić information content (AvgIpc) is 2.91. The van der Waals surface area contributed by atoms with Crippen molar-refractivity contribution in [3.05, 3.63) is 75.1 Å². The molecule has 5 heteroatoms. The Balaban J connectivity index is 1.68. The molecule has 4 nitrogen and oxygen atoms in total. The van der Waals surface area contributed by atoms with Crippen molar-refractivity contribution in [2.45, 2.75) is 19.4 Å². The zero-order chi connectivity index (χ0) is 15.4. The third-order valence-electron chi connectivity index (χ3n) is 3.39. The molecule has 1 aromatic heterocycles. The van der Waals surface area contributed by atoms with Gasteiger partial charge in [0.1, 0.15) is 0 Å². The predicted octanol–water partition coefficient (Wildman–Crippen LogP) is 3.90. The standard InChI is InChI=1S/C17H15BrN2O2/c18-15-11-5-4-7-13(15)10-6-12-20-17(21)19-16(22-20)14-8-2-1-3-9-14/h1-5,7-9,11H,6,10,12H2. The minimum Gasteiger partial charge on any atom is -0.354 e. The Morgan fingerprint density at radius 2 is 1.77 bits per heavy atom. The monoisotopic (exact) mass is 358 g/mol. The first-order chi connectivity index (χ1) is 10.7. The second kappa shape index (κ2) is 6.75. The highest BCUT2D eigenvalue weighted by Gasteiger charge is 2.09. The van der Waals surface area contributed by atoms with Crippen LogP contribution < -0.4 is 5.69 Å². The molecule has 0 aliphatic rings. The lowest BCUT2D eigenvalue weighted by atomic mass is 10.1. The fourth-order valence-electron chi connectivity index (χ4n) is 2.26. The van der Waals surface area contributed by atoms with Crippen LogP contribution in [0.1, 0.15) is 12.0 Å². The van der Waals surface area contributed by atoms with E-state index in [4.69, 9.17) is 4.52 Å². The van der Waals surface area contributed by atoms with E-state index in [0.29, 0.717) is 12.4 Å². The number of halogens is 1. The van der Waals surface area contributed by atoms with Crippen molar-refractivity contribution in [3.8, 4) is 11.5 Å². The molecule has 0 saturated carbocycles. The maximum atomic E-state index is 11.9. The normalized spacial score (nSPS) is 10.8. The van der Waals surface area contributed by atoms with Crippen molar-refractivity contribution in [3.63, 3.8) is 0 Å². The van der Waals surface area contributed by atoms with Crippen molar-refractivity contribution in [1.29, 1.82) is 0 Å². The summed E-state index contributed by atoms with van der Waals surface area (Å²) in [7, 11) is 0. The van der Waals surface area contributed by atoms with Crippen molar-refractivity contribution in [1.82, 2.24) is 9.72 Å². The maximum absolute atomic E-state index is 11.9. The number of rotatable bonds is 5. The molecule has 0 fully saturated rings. The molecule has 0 atom stereocenters. The van der Waals surface area contributed by atoms with Crippen LogP contribution in [0, 0.1) is 0 Å². The van der Waals surface area contributed by atoms with E-state index in [2.05, 4.69) is 27.0 Å². The van der Waals surface area contributed by atoms with Gasteiger partial charge < -0.3 is 4.52 Å². The minimum absolute atomic E-state index is 0.342. The Bertz CT molecular complexity index is 809. The smallest absolute Gasteiger partial charge is 0.354 e. The lowest BCUT2D eigenvalue weighted by Crippen LogP contribution is -2.16. The molecule has 0 bridgehead atoms. The van der Waals surface area contributed by atoms with Gasteiger partial charge in [-0.25, -0.2) is 4.79 Å². The van der Waals surface area contributed by atoms with Gasteiger partial charge in [0.05, 0.1) is 6.54 Å². The summed E-state index contributed by atoms with van der Waals surface area (Å²) in [5.41, 5.74) is 1.69. The average molecular weight is 359 g/mol. The second-order valence-corrected chi connectivity index (χ2v) is 5.81. The zero-order valence-electron chi connectivity index (χ0n) is 11.9. The summed E-state index contributed by atoms with van der Waals surface area (Å²) in [6.45, 7) is 0.514. The van der Waals surface area contributed by atoms with Gasteiger partial charge in [-0.05, 0) is 36.6 Å². The van der Waals surface area contributed by atoms with Crippen LogP contribution in [-0.4, -0.2) is 9.72 Å². The number of aryl methyl sites for hydroxylation is 2. The van der Waals surface area contributed by atoms with Crippen LogP contribution in [0.15, 0.2) is 68.4 Å². The Hall–Kier alpha value is -2.14. The molecular formula is C17H15BrN2O2. The summed E-state index contributed by atoms with van der Waals surface area (Å²) < 4.78 is 7.96. The highest BCUT2D eigenvalue weighted by Crippen LogP contribution is 2.18. The van der Waals surface area contributed by atoms with Gasteiger partial charge in [0, 0.05) is 10.0 Å². The summed E-state index contributed by atoms with van der Waals surface area (Å²) in [4.78, 5) is 15.8. The largest absolute Gasteiger partial charge is 0.380 e. The lowest BCUT2D eigenvalue weighted by molar-refractivity contribution is 0.264. The molecule has 3 aromatic rings. The van der Waals surface area contributed by atoms with Crippen LogP contribution >= 0.6 is 15.9 Å². The predicted molar refractivity (Wildman–Crippen MR) is 88.7 cm³/mol. The molecule has 0 N–H and O–H groups in total. The molecule has 0 unspecified atom stereocenters. The molecule has 0 radical (unpaired) electrons. The maximum Gasteiger partial charge on any atom is 0.380 e. The molecule has 22 heavy (non-hydrogen) atoms. The minimum atomic E-state index is -0.342. The van der Waals surface area contributed by atoms with E-state index in [0.717, 1.165) is 22.9 Å². The summed E-state index contributed by atoms with van der Waals surface area (Å²) in [5.74, 6) is 0.367. The molecule has 2 aromatic carbocycles. The molecule has 0 saturated heterocycles. The van der Waals surface area contributed by atoms with Crippen molar-refractivity contribution in [2.75, 3.05) is 0 Å². The van der Waals surface area contributed by atoms with Gasteiger partial charge in [0.2, 0.25) is 0 Å². The summed E-state index contributed by atoms with van der Waals surface area (Å²) in [5, 5.41) is 0. The van der Waals surface area contributed by atoms with Crippen LogP contribution in [0.25, 0.3) is 11.5 Å². The van der Waals surface area contributed by atoms with Crippen LogP contribution in [0.2, 0.25) is 0 Å². The van der Waals surface area contributed by atoms with E-state index in [1.807, 2.05) is 48.5 Å². The second-order valence-electron chi connectivity index (χ2n) is 4.95. The van der Waals surface area contributed by atoms with Crippen LogP contribution in [-0.2, 0) is 13.0 Å². The Labute approximate surface area is 136 Å². The quantitative estimate of drug-likeness (QED) is 0.694. The number of benzene rings is 2. The van der Waals surface area contributed by atoms with E-state index in [1.165, 1.54) is 10.3 Å². The number of hydrogen-bond donors (Lipinski definition) is 0. The molecule has 3 rings (SSSR count). The summed E-state index contributed by atoms with van der Waals surface area (Å²) >= 11 is 3.53. The molecule has 0 spiro atoms. The fourth-order valence-corrected chi connectivity index (χ4v) is 2.74. The summed E-state index contributed by atoms with van der Waals surface area (Å²) in [6.07, 6.45) is 1.68. The highest BCUT2D eigenvalue weighted by molar-refractivity contribution is 9.10. The molecule has 0 amide bonds. The van der Waals surface area contributed by atoms with Gasteiger partial charge in [0.15, 0.2) is 0 Å². The molecule has 112 valence electrons. The van der Waals surface area contributed by atoms with Gasteiger partial charge in [0.25, 0.3) is 5.89 Å². The van der Waals surface area contributed by atoms with Gasteiger partial charge in [-0.1, -0.05) is 52.3 Å². The molecular weight excluding hydrogens is 344 g/mol. The van der Waals surface area contributed by atoms with Gasteiger partial charge in [-0.2, -0.15) is 9.72 Å². The van der Waals surface area contributed by atoms with Gasteiger partial charge >= 0.3 is 5.69 Å². The van der Waals surface area contributed by atoms with Crippen LogP contribution in [0.3, 0.4) is 0 Å². The van der Waals surface area contributed by atoms with E-state index in [1.54, 1.807) is 0 Å². The SMILES string of the molecule is O=c1nc(-c2ccccc2)on1CCCc1ccccc1Br. The number of hydrogen-bond acceptors (Lipinski definition) is 3. The Morgan fingerprint density at radius 1 is 1.05 bits per heavy atom. The first-order valence-electron chi connectivity index (χ1n) is 7.11. The van der Waals surface area contributed by atoms with Crippen LogP contribution in [0.4, 0.5) is 0 Å². The highest BCUT2D eigenvalue weighted by atomic mass is 79.9. The fraction of sp³-hybridized carbons (Fsp3) is 0.176.